The van der Waals surface area contributed by atoms with Gasteiger partial charge in [-0.15, -0.1) is 0 Å². The highest BCUT2D eigenvalue weighted by molar-refractivity contribution is 6.30. The quantitative estimate of drug-likeness (QED) is 0.428. The lowest BCUT2D eigenvalue weighted by Crippen LogP contribution is -2.36. The first-order chi connectivity index (χ1) is 15.5. The van der Waals surface area contributed by atoms with Crippen molar-refractivity contribution in [2.24, 2.45) is 0 Å². The van der Waals surface area contributed by atoms with Crippen LogP contribution in [-0.4, -0.2) is 13.2 Å². The molecule has 0 amide bonds. The van der Waals surface area contributed by atoms with Crippen molar-refractivity contribution >= 4 is 11.6 Å². The molecule has 0 aliphatic rings. The predicted molar refractivity (Wildman–Crippen MR) is 128 cm³/mol. The van der Waals surface area contributed by atoms with Crippen molar-refractivity contribution in [3.63, 3.8) is 0 Å². The molecule has 0 aromatic heterocycles. The van der Waals surface area contributed by atoms with Crippen LogP contribution in [0.2, 0.25) is 5.02 Å². The molecule has 4 nitrogen and oxygen atoms in total. The molecule has 3 rings (SSSR count). The van der Waals surface area contributed by atoms with E-state index in [0.29, 0.717) is 17.0 Å². The number of ether oxygens (including phenoxy) is 1. The SMILES string of the molecule is COc1ccc(C(CC#N)NC(C)C(Cc2ccc(Cl)cc2)c2cccc(C#N)c2)cc1. The van der Waals surface area contributed by atoms with Gasteiger partial charge in [0.1, 0.15) is 5.75 Å². The smallest absolute Gasteiger partial charge is 0.118 e. The van der Waals surface area contributed by atoms with Gasteiger partial charge in [0.15, 0.2) is 0 Å². The van der Waals surface area contributed by atoms with Crippen molar-refractivity contribution in [1.82, 2.24) is 5.32 Å². The Labute approximate surface area is 195 Å². The van der Waals surface area contributed by atoms with Gasteiger partial charge in [-0.1, -0.05) is 48.0 Å². The molecule has 3 unspecified atom stereocenters. The van der Waals surface area contributed by atoms with Crippen LogP contribution in [-0.2, 0) is 6.42 Å². The normalized spacial score (nSPS) is 13.4. The van der Waals surface area contributed by atoms with Gasteiger partial charge in [0.25, 0.3) is 0 Å². The van der Waals surface area contributed by atoms with E-state index in [1.165, 1.54) is 0 Å². The summed E-state index contributed by atoms with van der Waals surface area (Å²) in [5.41, 5.74) is 3.93. The molecule has 0 fully saturated rings. The highest BCUT2D eigenvalue weighted by Crippen LogP contribution is 2.29. The van der Waals surface area contributed by atoms with Crippen molar-refractivity contribution in [2.75, 3.05) is 7.11 Å². The molecule has 0 radical (unpaired) electrons. The Hall–Kier alpha value is -3.31. The number of rotatable bonds is 9. The lowest BCUT2D eigenvalue weighted by Gasteiger charge is -2.30. The largest absolute Gasteiger partial charge is 0.497 e. The fraction of sp³-hybridized carbons (Fsp3) is 0.259. The molecule has 0 spiro atoms. The molecule has 0 aliphatic heterocycles. The van der Waals surface area contributed by atoms with Crippen LogP contribution in [0.5, 0.6) is 5.75 Å². The predicted octanol–water partition coefficient (Wildman–Crippen LogP) is 6.18. The fourth-order valence-electron chi connectivity index (χ4n) is 3.93. The molecule has 3 aromatic carbocycles. The summed E-state index contributed by atoms with van der Waals surface area (Å²) in [6, 6.07) is 27.9. The molecule has 0 bridgehead atoms. The summed E-state index contributed by atoms with van der Waals surface area (Å²) < 4.78 is 5.26. The van der Waals surface area contributed by atoms with Gasteiger partial charge in [0.05, 0.1) is 31.2 Å². The standard InChI is InChI=1S/C27H26ClN3O/c1-19(31-27(14-15-29)22-8-12-25(32-2)13-9-22)26(17-20-6-10-24(28)11-7-20)23-5-3-4-21(16-23)18-30/h3-13,16,19,26-27,31H,14,17H2,1-2H3. The summed E-state index contributed by atoms with van der Waals surface area (Å²) in [4.78, 5) is 0. The van der Waals surface area contributed by atoms with Gasteiger partial charge in [-0.2, -0.15) is 10.5 Å². The van der Waals surface area contributed by atoms with Crippen molar-refractivity contribution in [3.05, 3.63) is 100 Å². The molecular formula is C27H26ClN3O. The van der Waals surface area contributed by atoms with E-state index in [2.05, 4.69) is 30.4 Å². The third-order valence-electron chi connectivity index (χ3n) is 5.69. The maximum absolute atomic E-state index is 9.43. The molecule has 0 saturated carbocycles. The van der Waals surface area contributed by atoms with Gasteiger partial charge < -0.3 is 10.1 Å². The number of nitrogens with one attached hydrogen (secondary N) is 1. The molecule has 5 heteroatoms. The number of methoxy groups -OCH3 is 1. The van der Waals surface area contributed by atoms with E-state index in [1.54, 1.807) is 7.11 Å². The molecule has 1 N–H and O–H groups in total. The number of halogens is 1. The van der Waals surface area contributed by atoms with Crippen molar-refractivity contribution < 1.29 is 4.74 Å². The number of hydrogen-bond acceptors (Lipinski definition) is 4. The maximum Gasteiger partial charge on any atom is 0.118 e. The first-order valence-corrected chi connectivity index (χ1v) is 10.9. The van der Waals surface area contributed by atoms with Crippen LogP contribution in [0.3, 0.4) is 0 Å². The van der Waals surface area contributed by atoms with E-state index in [4.69, 9.17) is 16.3 Å². The summed E-state index contributed by atoms with van der Waals surface area (Å²) in [5.74, 6) is 0.885. The number of hydrogen-bond donors (Lipinski definition) is 1. The number of benzene rings is 3. The highest BCUT2D eigenvalue weighted by atomic mass is 35.5. The minimum atomic E-state index is -0.118. The van der Waals surface area contributed by atoms with Crippen LogP contribution in [0.25, 0.3) is 0 Å². The minimum Gasteiger partial charge on any atom is -0.497 e. The lowest BCUT2D eigenvalue weighted by molar-refractivity contribution is 0.398. The lowest BCUT2D eigenvalue weighted by atomic mass is 9.85. The molecule has 0 saturated heterocycles. The van der Waals surface area contributed by atoms with Crippen LogP contribution in [0.1, 0.15) is 47.6 Å². The van der Waals surface area contributed by atoms with Crippen LogP contribution in [0.15, 0.2) is 72.8 Å². The van der Waals surface area contributed by atoms with E-state index >= 15 is 0 Å². The van der Waals surface area contributed by atoms with Gasteiger partial charge >= 0.3 is 0 Å². The van der Waals surface area contributed by atoms with Crippen LogP contribution in [0.4, 0.5) is 0 Å². The molecule has 0 heterocycles. The first-order valence-electron chi connectivity index (χ1n) is 10.6. The number of nitriles is 2. The first kappa shape index (κ1) is 23.4. The van der Waals surface area contributed by atoms with Crippen LogP contribution >= 0.6 is 11.6 Å². The second-order valence-electron chi connectivity index (χ2n) is 7.82. The monoisotopic (exact) mass is 443 g/mol. The summed E-state index contributed by atoms with van der Waals surface area (Å²) >= 11 is 6.07. The Bertz CT molecular complexity index is 1100. The Morgan fingerprint density at radius 1 is 0.969 bits per heavy atom. The van der Waals surface area contributed by atoms with E-state index in [1.807, 2.05) is 66.7 Å². The average Bonchev–Trinajstić information content (AvgIpc) is 2.83. The Morgan fingerprint density at radius 3 is 2.31 bits per heavy atom. The topological polar surface area (TPSA) is 68.8 Å². The Morgan fingerprint density at radius 2 is 1.69 bits per heavy atom. The van der Waals surface area contributed by atoms with E-state index < -0.39 is 0 Å². The molecular weight excluding hydrogens is 418 g/mol. The third-order valence-corrected chi connectivity index (χ3v) is 5.95. The summed E-state index contributed by atoms with van der Waals surface area (Å²) in [6.45, 7) is 2.13. The second-order valence-corrected chi connectivity index (χ2v) is 8.25. The summed E-state index contributed by atoms with van der Waals surface area (Å²) in [6.07, 6.45) is 1.13. The zero-order chi connectivity index (χ0) is 22.9. The Balaban J connectivity index is 1.89. The third kappa shape index (κ3) is 6.11. The number of nitrogens with zero attached hydrogens (tertiary/aromatic N) is 2. The molecule has 0 aliphatic carbocycles. The van der Waals surface area contributed by atoms with Gasteiger partial charge in [-0.3, -0.25) is 0 Å². The average molecular weight is 444 g/mol. The summed E-state index contributed by atoms with van der Waals surface area (Å²) in [5, 5.41) is 23.2. The van der Waals surface area contributed by atoms with Crippen LogP contribution < -0.4 is 10.1 Å². The zero-order valence-corrected chi connectivity index (χ0v) is 19.0. The minimum absolute atomic E-state index is 0.0417. The van der Waals surface area contributed by atoms with Gasteiger partial charge in [-0.05, 0) is 66.4 Å². The highest BCUT2D eigenvalue weighted by Gasteiger charge is 2.24. The summed E-state index contributed by atoms with van der Waals surface area (Å²) in [7, 11) is 1.64. The van der Waals surface area contributed by atoms with Crippen molar-refractivity contribution in [3.8, 4) is 17.9 Å². The van der Waals surface area contributed by atoms with Crippen molar-refractivity contribution in [2.45, 2.75) is 37.8 Å². The van der Waals surface area contributed by atoms with E-state index in [0.717, 1.165) is 28.9 Å². The molecule has 32 heavy (non-hydrogen) atoms. The van der Waals surface area contributed by atoms with Crippen LogP contribution in [0, 0.1) is 22.7 Å². The molecule has 162 valence electrons. The van der Waals surface area contributed by atoms with Gasteiger partial charge in [0.2, 0.25) is 0 Å². The molecule has 3 aromatic rings. The Kier molecular flexibility index (Phi) is 8.28. The second kappa shape index (κ2) is 11.3. The fourth-order valence-corrected chi connectivity index (χ4v) is 4.06. The maximum atomic E-state index is 9.43. The van der Waals surface area contributed by atoms with E-state index in [-0.39, 0.29) is 18.0 Å². The molecule has 3 atom stereocenters. The van der Waals surface area contributed by atoms with Gasteiger partial charge in [-0.25, -0.2) is 0 Å². The zero-order valence-electron chi connectivity index (χ0n) is 18.3. The van der Waals surface area contributed by atoms with Gasteiger partial charge in [0, 0.05) is 23.0 Å². The van der Waals surface area contributed by atoms with E-state index in [9.17, 15) is 10.5 Å². The van der Waals surface area contributed by atoms with Crippen molar-refractivity contribution in [1.29, 1.82) is 10.5 Å².